The van der Waals surface area contributed by atoms with Gasteiger partial charge in [-0.3, -0.25) is 0 Å². The van der Waals surface area contributed by atoms with Gasteiger partial charge in [0, 0.05) is 4.88 Å². The summed E-state index contributed by atoms with van der Waals surface area (Å²) in [6.07, 6.45) is 0. The second-order valence-electron chi connectivity index (χ2n) is 3.28. The Hall–Kier alpha value is -1.83. The number of benzene rings is 1. The minimum absolute atomic E-state index is 0.0658. The van der Waals surface area contributed by atoms with Crippen molar-refractivity contribution in [1.82, 2.24) is 0 Å². The Morgan fingerprint density at radius 2 is 2.12 bits per heavy atom. The zero-order chi connectivity index (χ0) is 12.4. The van der Waals surface area contributed by atoms with Crippen LogP contribution < -0.4 is 0 Å². The van der Waals surface area contributed by atoms with Crippen LogP contribution in [-0.2, 0) is 0 Å². The second kappa shape index (κ2) is 4.58. The number of carbonyl (C=O) groups is 1. The molecular formula is C12H6ClNO2S. The maximum absolute atomic E-state index is 10.9. The number of halogens is 1. The van der Waals surface area contributed by atoms with Crippen LogP contribution in [0.1, 0.15) is 15.2 Å². The summed E-state index contributed by atoms with van der Waals surface area (Å²) in [5.41, 5.74) is 0.814. The molecule has 0 amide bonds. The molecule has 1 aromatic carbocycles. The first-order valence-corrected chi connectivity index (χ1v) is 5.84. The van der Waals surface area contributed by atoms with Gasteiger partial charge in [-0.1, -0.05) is 17.7 Å². The van der Waals surface area contributed by atoms with Crippen LogP contribution in [0.2, 0.25) is 5.02 Å². The summed E-state index contributed by atoms with van der Waals surface area (Å²) in [5, 5.41) is 17.9. The summed E-state index contributed by atoms with van der Waals surface area (Å²) in [4.78, 5) is 12.4. The monoisotopic (exact) mass is 263 g/mol. The van der Waals surface area contributed by atoms with Crippen molar-refractivity contribution >= 4 is 28.9 Å². The van der Waals surface area contributed by atoms with Crippen molar-refractivity contribution in [2.24, 2.45) is 0 Å². The van der Waals surface area contributed by atoms with E-state index < -0.39 is 5.97 Å². The molecule has 1 N–H and O–H groups in total. The molecule has 0 atom stereocenters. The molecule has 2 aromatic rings. The van der Waals surface area contributed by atoms with Gasteiger partial charge >= 0.3 is 5.97 Å². The summed E-state index contributed by atoms with van der Waals surface area (Å²) in [6, 6.07) is 10.3. The number of rotatable bonds is 2. The summed E-state index contributed by atoms with van der Waals surface area (Å²) < 4.78 is 0. The van der Waals surface area contributed by atoms with E-state index in [1.807, 2.05) is 6.07 Å². The number of hydrogen-bond acceptors (Lipinski definition) is 3. The van der Waals surface area contributed by atoms with Crippen LogP contribution in [0.5, 0.6) is 0 Å². The van der Waals surface area contributed by atoms with Gasteiger partial charge in [0.15, 0.2) is 0 Å². The van der Waals surface area contributed by atoms with Gasteiger partial charge < -0.3 is 5.11 Å². The van der Waals surface area contributed by atoms with Crippen molar-refractivity contribution in [3.63, 3.8) is 0 Å². The molecule has 0 bridgehead atoms. The van der Waals surface area contributed by atoms with E-state index >= 15 is 0 Å². The molecule has 17 heavy (non-hydrogen) atoms. The van der Waals surface area contributed by atoms with E-state index in [0.717, 1.165) is 10.4 Å². The van der Waals surface area contributed by atoms with Gasteiger partial charge in [0.1, 0.15) is 10.9 Å². The van der Waals surface area contributed by atoms with E-state index in [9.17, 15) is 4.79 Å². The third-order valence-electron chi connectivity index (χ3n) is 2.20. The van der Waals surface area contributed by atoms with E-state index in [0.29, 0.717) is 4.88 Å². The number of nitrogens with zero attached hydrogens (tertiary/aromatic N) is 1. The lowest BCUT2D eigenvalue weighted by atomic mass is 10.1. The molecule has 0 unspecified atom stereocenters. The molecule has 1 heterocycles. The number of carboxylic acid groups (broad SMARTS) is 1. The maximum Gasteiger partial charge on any atom is 0.337 e. The molecule has 2 rings (SSSR count). The van der Waals surface area contributed by atoms with Gasteiger partial charge in [-0.2, -0.15) is 5.26 Å². The molecule has 0 aliphatic heterocycles. The Labute approximate surface area is 107 Å². The lowest BCUT2D eigenvalue weighted by Gasteiger charge is -2.02. The van der Waals surface area contributed by atoms with Crippen LogP contribution in [0.15, 0.2) is 30.3 Å². The lowest BCUT2D eigenvalue weighted by molar-refractivity contribution is 0.0697. The van der Waals surface area contributed by atoms with Crippen molar-refractivity contribution in [1.29, 1.82) is 5.26 Å². The number of hydrogen-bond donors (Lipinski definition) is 1. The standard InChI is InChI=1S/C12H6ClNO2S/c13-10-3-1-7(5-9(10)12(15)16)11-4-2-8(6-14)17-11/h1-5H,(H,15,16). The summed E-state index contributed by atoms with van der Waals surface area (Å²) in [5.74, 6) is -1.06. The van der Waals surface area contributed by atoms with Crippen LogP contribution in [-0.4, -0.2) is 11.1 Å². The number of thiophene rings is 1. The van der Waals surface area contributed by atoms with Crippen molar-refractivity contribution < 1.29 is 9.90 Å². The van der Waals surface area contributed by atoms with E-state index in [1.165, 1.54) is 17.4 Å². The number of carboxylic acids is 1. The van der Waals surface area contributed by atoms with Crippen LogP contribution in [0.25, 0.3) is 10.4 Å². The molecule has 0 aliphatic carbocycles. The zero-order valence-corrected chi connectivity index (χ0v) is 10.0. The topological polar surface area (TPSA) is 61.1 Å². The fraction of sp³-hybridized carbons (Fsp3) is 0. The smallest absolute Gasteiger partial charge is 0.337 e. The number of aromatic carboxylic acids is 1. The first-order valence-electron chi connectivity index (χ1n) is 4.65. The van der Waals surface area contributed by atoms with E-state index in [-0.39, 0.29) is 10.6 Å². The summed E-state index contributed by atoms with van der Waals surface area (Å²) in [6.45, 7) is 0. The van der Waals surface area contributed by atoms with Crippen LogP contribution in [0.4, 0.5) is 0 Å². The van der Waals surface area contributed by atoms with Crippen LogP contribution >= 0.6 is 22.9 Å². The first-order chi connectivity index (χ1) is 8.11. The molecule has 0 spiro atoms. The van der Waals surface area contributed by atoms with Crippen LogP contribution in [0.3, 0.4) is 0 Å². The maximum atomic E-state index is 10.9. The summed E-state index contributed by atoms with van der Waals surface area (Å²) in [7, 11) is 0. The first kappa shape index (κ1) is 11.6. The Bertz CT molecular complexity index is 628. The quantitative estimate of drug-likeness (QED) is 0.900. The van der Waals surface area contributed by atoms with Gasteiger partial charge in [0.25, 0.3) is 0 Å². The Balaban J connectivity index is 2.50. The van der Waals surface area contributed by atoms with Gasteiger partial charge in [-0.15, -0.1) is 11.3 Å². The van der Waals surface area contributed by atoms with E-state index in [1.54, 1.807) is 24.3 Å². The second-order valence-corrected chi connectivity index (χ2v) is 4.77. The lowest BCUT2D eigenvalue weighted by Crippen LogP contribution is -1.97. The third-order valence-corrected chi connectivity index (χ3v) is 3.57. The average molecular weight is 264 g/mol. The van der Waals surface area contributed by atoms with E-state index in [4.69, 9.17) is 22.0 Å². The molecule has 84 valence electrons. The molecule has 1 aromatic heterocycles. The van der Waals surface area contributed by atoms with Crippen molar-refractivity contribution in [2.75, 3.05) is 0 Å². The minimum Gasteiger partial charge on any atom is -0.478 e. The van der Waals surface area contributed by atoms with Crippen molar-refractivity contribution in [2.45, 2.75) is 0 Å². The molecule has 5 heteroatoms. The van der Waals surface area contributed by atoms with Crippen molar-refractivity contribution in [3.8, 4) is 16.5 Å². The molecule has 3 nitrogen and oxygen atoms in total. The van der Waals surface area contributed by atoms with Gasteiger partial charge in [-0.05, 0) is 29.8 Å². The molecule has 0 fully saturated rings. The predicted octanol–water partition coefficient (Wildman–Crippen LogP) is 3.64. The van der Waals surface area contributed by atoms with Gasteiger partial charge in [0.2, 0.25) is 0 Å². The van der Waals surface area contributed by atoms with Gasteiger partial charge in [-0.25, -0.2) is 4.79 Å². The Morgan fingerprint density at radius 3 is 2.71 bits per heavy atom. The minimum atomic E-state index is -1.06. The normalized spacial score (nSPS) is 9.88. The third kappa shape index (κ3) is 2.31. The highest BCUT2D eigenvalue weighted by atomic mass is 35.5. The largest absolute Gasteiger partial charge is 0.478 e. The molecule has 0 aliphatic rings. The molecule has 0 radical (unpaired) electrons. The van der Waals surface area contributed by atoms with Crippen molar-refractivity contribution in [3.05, 3.63) is 45.8 Å². The number of nitriles is 1. The fourth-order valence-corrected chi connectivity index (χ4v) is 2.39. The highest BCUT2D eigenvalue weighted by molar-refractivity contribution is 7.16. The average Bonchev–Trinajstić information content (AvgIpc) is 2.78. The predicted molar refractivity (Wildman–Crippen MR) is 66.4 cm³/mol. The Morgan fingerprint density at radius 1 is 1.35 bits per heavy atom. The Kier molecular flexibility index (Phi) is 3.14. The zero-order valence-electron chi connectivity index (χ0n) is 8.48. The molecule has 0 saturated carbocycles. The SMILES string of the molecule is N#Cc1ccc(-c2ccc(Cl)c(C(=O)O)c2)s1. The summed E-state index contributed by atoms with van der Waals surface area (Å²) >= 11 is 7.10. The van der Waals surface area contributed by atoms with Crippen LogP contribution in [0, 0.1) is 11.3 Å². The highest BCUT2D eigenvalue weighted by Crippen LogP contribution is 2.30. The molecule has 0 saturated heterocycles. The molecular weight excluding hydrogens is 258 g/mol. The highest BCUT2D eigenvalue weighted by Gasteiger charge is 2.11. The van der Waals surface area contributed by atoms with Gasteiger partial charge in [0.05, 0.1) is 10.6 Å². The van der Waals surface area contributed by atoms with E-state index in [2.05, 4.69) is 0 Å². The fourth-order valence-electron chi connectivity index (χ4n) is 1.40.